The summed E-state index contributed by atoms with van der Waals surface area (Å²) in [4.78, 5) is 11.2. The first-order valence-corrected chi connectivity index (χ1v) is 8.50. The molecule has 0 unspecified atom stereocenters. The normalized spacial score (nSPS) is 10.8. The van der Waals surface area contributed by atoms with Crippen molar-refractivity contribution in [1.82, 2.24) is 9.97 Å². The van der Waals surface area contributed by atoms with Gasteiger partial charge >= 0.3 is 0 Å². The predicted octanol–water partition coefficient (Wildman–Crippen LogP) is 4.69. The van der Waals surface area contributed by atoms with Crippen LogP contribution in [0.2, 0.25) is 0 Å². The molecule has 0 aliphatic carbocycles. The number of nitrogens with zero attached hydrogens (tertiary/aromatic N) is 2. The van der Waals surface area contributed by atoms with E-state index in [1.54, 1.807) is 11.3 Å². The third-order valence-corrected chi connectivity index (χ3v) is 4.84. The third-order valence-electron chi connectivity index (χ3n) is 2.99. The summed E-state index contributed by atoms with van der Waals surface area (Å²) in [6, 6.07) is 10.0. The first-order valence-electron chi connectivity index (χ1n) is 6.61. The van der Waals surface area contributed by atoms with Crippen LogP contribution in [0.15, 0.2) is 30.3 Å². The lowest BCUT2D eigenvalue weighted by atomic mass is 10.3. The standard InChI is InChI=1S/C15H14IN3OS/c1-3-11-8-12-13(18-15(17-2)19-14(12)21-11)20-10-6-4-5-9(16)7-10/h4-8H,3H2,1-2H3,(H,17,18,19). The van der Waals surface area contributed by atoms with Crippen molar-refractivity contribution >= 4 is 50.1 Å². The zero-order valence-electron chi connectivity index (χ0n) is 11.7. The van der Waals surface area contributed by atoms with Gasteiger partial charge in [0.2, 0.25) is 11.8 Å². The molecule has 2 heterocycles. The van der Waals surface area contributed by atoms with Gasteiger partial charge in [0.25, 0.3) is 0 Å². The number of halogens is 1. The van der Waals surface area contributed by atoms with E-state index in [0.717, 1.165) is 26.0 Å². The molecular weight excluding hydrogens is 397 g/mol. The highest BCUT2D eigenvalue weighted by Gasteiger charge is 2.13. The van der Waals surface area contributed by atoms with Crippen LogP contribution in [0.25, 0.3) is 10.2 Å². The second kappa shape index (κ2) is 6.15. The molecule has 2 aromatic heterocycles. The quantitative estimate of drug-likeness (QED) is 0.633. The van der Waals surface area contributed by atoms with Crippen molar-refractivity contribution in [1.29, 1.82) is 0 Å². The molecule has 108 valence electrons. The molecule has 21 heavy (non-hydrogen) atoms. The summed E-state index contributed by atoms with van der Waals surface area (Å²) in [7, 11) is 1.81. The number of rotatable bonds is 4. The molecule has 0 radical (unpaired) electrons. The smallest absolute Gasteiger partial charge is 0.232 e. The number of aromatic nitrogens is 2. The highest BCUT2D eigenvalue weighted by molar-refractivity contribution is 14.1. The van der Waals surface area contributed by atoms with E-state index in [1.807, 2.05) is 31.3 Å². The summed E-state index contributed by atoms with van der Waals surface area (Å²) < 4.78 is 7.11. The molecule has 0 aliphatic heterocycles. The fourth-order valence-corrected chi connectivity index (χ4v) is 3.42. The summed E-state index contributed by atoms with van der Waals surface area (Å²) >= 11 is 3.95. The molecule has 6 heteroatoms. The van der Waals surface area contributed by atoms with Gasteiger partial charge < -0.3 is 10.1 Å². The van der Waals surface area contributed by atoms with Crippen molar-refractivity contribution in [3.05, 3.63) is 38.8 Å². The largest absolute Gasteiger partial charge is 0.438 e. The number of benzene rings is 1. The minimum atomic E-state index is 0.577. The molecule has 3 aromatic rings. The van der Waals surface area contributed by atoms with Gasteiger partial charge in [0.05, 0.1) is 5.39 Å². The Bertz CT molecular complexity index is 788. The Hall–Kier alpha value is -1.41. The van der Waals surface area contributed by atoms with Crippen LogP contribution in [0.3, 0.4) is 0 Å². The maximum atomic E-state index is 5.98. The molecule has 4 nitrogen and oxygen atoms in total. The van der Waals surface area contributed by atoms with Crippen LogP contribution in [-0.2, 0) is 6.42 Å². The second-order valence-electron chi connectivity index (χ2n) is 4.45. The van der Waals surface area contributed by atoms with Crippen molar-refractivity contribution in [3.8, 4) is 11.6 Å². The van der Waals surface area contributed by atoms with Gasteiger partial charge in [-0.3, -0.25) is 0 Å². The van der Waals surface area contributed by atoms with E-state index in [-0.39, 0.29) is 0 Å². The molecule has 0 spiro atoms. The van der Waals surface area contributed by atoms with Gasteiger partial charge in [-0.15, -0.1) is 11.3 Å². The van der Waals surface area contributed by atoms with Crippen molar-refractivity contribution in [2.45, 2.75) is 13.3 Å². The number of anilines is 1. The zero-order valence-corrected chi connectivity index (χ0v) is 14.7. The van der Waals surface area contributed by atoms with Gasteiger partial charge in [0.15, 0.2) is 0 Å². The summed E-state index contributed by atoms with van der Waals surface area (Å²) in [5, 5.41) is 3.95. The Balaban J connectivity index is 2.09. The van der Waals surface area contributed by atoms with E-state index in [9.17, 15) is 0 Å². The van der Waals surface area contributed by atoms with E-state index in [1.165, 1.54) is 4.88 Å². The number of aryl methyl sites for hydroxylation is 1. The van der Waals surface area contributed by atoms with E-state index >= 15 is 0 Å². The molecule has 0 atom stereocenters. The second-order valence-corrected chi connectivity index (χ2v) is 6.81. The molecule has 1 aromatic carbocycles. The molecule has 0 aliphatic rings. The van der Waals surface area contributed by atoms with Crippen molar-refractivity contribution in [2.75, 3.05) is 12.4 Å². The lowest BCUT2D eigenvalue weighted by molar-refractivity contribution is 0.469. The number of hydrogen-bond donors (Lipinski definition) is 1. The summed E-state index contributed by atoms with van der Waals surface area (Å²) in [6.07, 6.45) is 0.985. The molecule has 1 N–H and O–H groups in total. The first kappa shape index (κ1) is 14.5. The van der Waals surface area contributed by atoms with Crippen LogP contribution in [-0.4, -0.2) is 17.0 Å². The van der Waals surface area contributed by atoms with Crippen molar-refractivity contribution in [2.24, 2.45) is 0 Å². The van der Waals surface area contributed by atoms with Gasteiger partial charge in [0.1, 0.15) is 10.6 Å². The van der Waals surface area contributed by atoms with E-state index in [2.05, 4.69) is 50.9 Å². The third kappa shape index (κ3) is 3.11. The number of hydrogen-bond acceptors (Lipinski definition) is 5. The number of fused-ring (bicyclic) bond motifs is 1. The number of ether oxygens (including phenoxy) is 1. The zero-order chi connectivity index (χ0) is 14.8. The summed E-state index contributed by atoms with van der Waals surface area (Å²) in [6.45, 7) is 2.14. The molecule has 0 saturated carbocycles. The van der Waals surface area contributed by atoms with Crippen LogP contribution in [0, 0.1) is 3.57 Å². The van der Waals surface area contributed by atoms with Crippen LogP contribution in [0.1, 0.15) is 11.8 Å². The Morgan fingerprint density at radius 3 is 2.86 bits per heavy atom. The Morgan fingerprint density at radius 2 is 2.14 bits per heavy atom. The fraction of sp³-hybridized carbons (Fsp3) is 0.200. The molecule has 0 fully saturated rings. The maximum absolute atomic E-state index is 5.98. The van der Waals surface area contributed by atoms with Crippen LogP contribution >= 0.6 is 33.9 Å². The van der Waals surface area contributed by atoms with Gasteiger partial charge in [-0.05, 0) is 53.3 Å². The van der Waals surface area contributed by atoms with Crippen LogP contribution in [0.4, 0.5) is 5.95 Å². The first-order chi connectivity index (χ1) is 10.2. The highest BCUT2D eigenvalue weighted by Crippen LogP contribution is 2.34. The van der Waals surface area contributed by atoms with Crippen LogP contribution < -0.4 is 10.1 Å². The lowest BCUT2D eigenvalue weighted by Crippen LogP contribution is -1.98. The van der Waals surface area contributed by atoms with Gasteiger partial charge in [0, 0.05) is 15.5 Å². The minimum absolute atomic E-state index is 0.577. The van der Waals surface area contributed by atoms with Gasteiger partial charge in [-0.2, -0.15) is 4.98 Å². The minimum Gasteiger partial charge on any atom is -0.438 e. The summed E-state index contributed by atoms with van der Waals surface area (Å²) in [5.74, 6) is 1.96. The van der Waals surface area contributed by atoms with E-state index in [0.29, 0.717) is 11.8 Å². The van der Waals surface area contributed by atoms with Crippen molar-refractivity contribution < 1.29 is 4.74 Å². The Morgan fingerprint density at radius 1 is 1.29 bits per heavy atom. The molecular formula is C15H14IN3OS. The predicted molar refractivity (Wildman–Crippen MR) is 95.6 cm³/mol. The Kier molecular flexibility index (Phi) is 4.25. The van der Waals surface area contributed by atoms with Gasteiger partial charge in [-0.1, -0.05) is 13.0 Å². The average Bonchev–Trinajstić information content (AvgIpc) is 2.90. The average molecular weight is 411 g/mol. The topological polar surface area (TPSA) is 47.0 Å². The highest BCUT2D eigenvalue weighted by atomic mass is 127. The maximum Gasteiger partial charge on any atom is 0.232 e. The lowest BCUT2D eigenvalue weighted by Gasteiger charge is -2.07. The monoisotopic (exact) mass is 411 g/mol. The van der Waals surface area contributed by atoms with Crippen LogP contribution in [0.5, 0.6) is 11.6 Å². The van der Waals surface area contributed by atoms with E-state index in [4.69, 9.17) is 4.74 Å². The number of thiophene rings is 1. The van der Waals surface area contributed by atoms with Gasteiger partial charge in [-0.25, -0.2) is 4.98 Å². The molecule has 0 bridgehead atoms. The Labute approximate surface area is 140 Å². The van der Waals surface area contributed by atoms with Crippen molar-refractivity contribution in [3.63, 3.8) is 0 Å². The molecule has 0 saturated heterocycles. The summed E-state index contributed by atoms with van der Waals surface area (Å²) in [5.41, 5.74) is 0. The van der Waals surface area contributed by atoms with E-state index < -0.39 is 0 Å². The number of nitrogens with one attached hydrogen (secondary N) is 1. The SMILES string of the molecule is CCc1cc2c(Oc3cccc(I)c3)nc(NC)nc2s1. The molecule has 0 amide bonds. The fourth-order valence-electron chi connectivity index (χ4n) is 1.95. The molecule has 3 rings (SSSR count).